The Hall–Kier alpha value is -3.09. The Morgan fingerprint density at radius 3 is 2.04 bits per heavy atom. The third-order valence-corrected chi connectivity index (χ3v) is 9.03. The SMILES string of the molecule is COc1cc(N=Nc2c(C)cc(C)cc2S(=O)(=O)[O-])c(C)cc1N=NC1=C(S(=O)(=O)[O-])Cc2cc(Nc3ccccc3)ccc2C1=O.[Na+].[Na+]. The number of nitrogens with one attached hydrogen (secondary N) is 1. The molecule has 0 amide bonds. The zero-order valence-electron chi connectivity index (χ0n) is 27.5. The number of aryl methyl sites for hydroxylation is 3. The number of anilines is 2. The van der Waals surface area contributed by atoms with Gasteiger partial charge in [-0.05, 0) is 85.5 Å². The maximum atomic E-state index is 13.4. The summed E-state index contributed by atoms with van der Waals surface area (Å²) >= 11 is 0. The molecule has 1 aliphatic rings. The van der Waals surface area contributed by atoms with Gasteiger partial charge in [-0.3, -0.25) is 4.79 Å². The molecule has 1 aliphatic carbocycles. The summed E-state index contributed by atoms with van der Waals surface area (Å²) in [5.41, 5.74) is 2.94. The largest absolute Gasteiger partial charge is 1.00 e. The van der Waals surface area contributed by atoms with Crippen molar-refractivity contribution in [2.75, 3.05) is 12.4 Å². The Bertz CT molecular complexity index is 2240. The number of hydrogen-bond donors (Lipinski definition) is 1. The van der Waals surface area contributed by atoms with E-state index in [0.29, 0.717) is 27.9 Å². The number of fused-ring (bicyclic) bond motifs is 1. The van der Waals surface area contributed by atoms with Crippen molar-refractivity contribution in [3.8, 4) is 5.75 Å². The summed E-state index contributed by atoms with van der Waals surface area (Å²) in [5, 5.41) is 19.3. The summed E-state index contributed by atoms with van der Waals surface area (Å²) in [6.45, 7) is 4.88. The number of ether oxygens (including phenoxy) is 1. The van der Waals surface area contributed by atoms with Gasteiger partial charge in [-0.15, -0.1) is 15.3 Å². The predicted molar refractivity (Wildman–Crippen MR) is 171 cm³/mol. The Morgan fingerprint density at radius 1 is 0.735 bits per heavy atom. The van der Waals surface area contributed by atoms with Crippen molar-refractivity contribution in [1.82, 2.24) is 0 Å². The third-order valence-electron chi connectivity index (χ3n) is 7.24. The fourth-order valence-electron chi connectivity index (χ4n) is 5.01. The van der Waals surface area contributed by atoms with Crippen LogP contribution in [-0.2, 0) is 26.7 Å². The molecule has 0 saturated carbocycles. The first-order valence-corrected chi connectivity index (χ1v) is 16.8. The van der Waals surface area contributed by atoms with Crippen LogP contribution in [0.3, 0.4) is 0 Å². The second-order valence-electron chi connectivity index (χ2n) is 10.7. The van der Waals surface area contributed by atoms with E-state index in [1.165, 1.54) is 31.4 Å². The molecule has 0 fully saturated rings. The van der Waals surface area contributed by atoms with Crippen LogP contribution < -0.4 is 69.2 Å². The molecule has 0 aromatic heterocycles. The van der Waals surface area contributed by atoms with Gasteiger partial charge in [0.15, 0.2) is 0 Å². The third kappa shape index (κ3) is 9.38. The number of carbonyl (C=O) groups excluding carboxylic acids is 1. The summed E-state index contributed by atoms with van der Waals surface area (Å²) < 4.78 is 77.8. The number of carbonyl (C=O) groups is 1. The number of azo groups is 2. The first kappa shape index (κ1) is 40.3. The molecule has 0 radical (unpaired) electrons. The zero-order chi connectivity index (χ0) is 34.1. The average Bonchev–Trinajstić information content (AvgIpc) is 3.00. The Morgan fingerprint density at radius 2 is 1.41 bits per heavy atom. The van der Waals surface area contributed by atoms with Crippen LogP contribution >= 0.6 is 0 Å². The summed E-state index contributed by atoms with van der Waals surface area (Å²) in [6, 6.07) is 19.8. The molecule has 17 heteroatoms. The van der Waals surface area contributed by atoms with Crippen LogP contribution in [0.2, 0.25) is 0 Å². The molecule has 4 aromatic carbocycles. The van der Waals surface area contributed by atoms with Crippen molar-refractivity contribution in [1.29, 1.82) is 0 Å². The molecule has 1 N–H and O–H groups in total. The fourth-order valence-corrected chi connectivity index (χ4v) is 6.48. The van der Waals surface area contributed by atoms with Crippen LogP contribution in [0, 0.1) is 20.8 Å². The number of benzene rings is 4. The summed E-state index contributed by atoms with van der Waals surface area (Å²) in [7, 11) is -8.61. The first-order chi connectivity index (χ1) is 22.2. The number of nitrogens with zero attached hydrogens (tertiary/aromatic N) is 4. The molecule has 4 aromatic rings. The molecule has 0 spiro atoms. The van der Waals surface area contributed by atoms with Crippen molar-refractivity contribution in [2.24, 2.45) is 20.5 Å². The number of methoxy groups -OCH3 is 1. The van der Waals surface area contributed by atoms with E-state index in [2.05, 4.69) is 25.8 Å². The molecule has 242 valence electrons. The molecule has 0 aliphatic heterocycles. The van der Waals surface area contributed by atoms with E-state index in [1.807, 2.05) is 30.3 Å². The van der Waals surface area contributed by atoms with E-state index < -0.39 is 41.5 Å². The number of ketones is 1. The van der Waals surface area contributed by atoms with Crippen molar-refractivity contribution in [3.05, 3.63) is 111 Å². The molecule has 0 saturated heterocycles. The minimum Gasteiger partial charge on any atom is -0.744 e. The molecule has 0 unspecified atom stereocenters. The average molecular weight is 720 g/mol. The van der Waals surface area contributed by atoms with Gasteiger partial charge in [-0.2, -0.15) is 5.11 Å². The van der Waals surface area contributed by atoms with Gasteiger partial charge in [0.1, 0.15) is 43.1 Å². The Labute approximate surface area is 328 Å². The first-order valence-electron chi connectivity index (χ1n) is 13.9. The van der Waals surface area contributed by atoms with Crippen LogP contribution in [0.1, 0.15) is 32.6 Å². The molecule has 5 rings (SSSR count). The van der Waals surface area contributed by atoms with E-state index in [1.54, 1.807) is 39.0 Å². The molecule has 0 bridgehead atoms. The molecule has 49 heavy (non-hydrogen) atoms. The van der Waals surface area contributed by atoms with Crippen LogP contribution in [-0.4, -0.2) is 38.8 Å². The quantitative estimate of drug-likeness (QED) is 0.149. The van der Waals surface area contributed by atoms with Crippen molar-refractivity contribution in [2.45, 2.75) is 32.1 Å². The summed E-state index contributed by atoms with van der Waals surface area (Å²) in [4.78, 5) is 12.2. The number of para-hydroxylation sites is 1. The van der Waals surface area contributed by atoms with E-state index in [-0.39, 0.29) is 93.9 Å². The maximum Gasteiger partial charge on any atom is 1.00 e. The number of hydrogen-bond acceptors (Lipinski definition) is 13. The van der Waals surface area contributed by atoms with E-state index in [9.17, 15) is 30.7 Å². The Balaban J connectivity index is 0.00000325. The second-order valence-corrected chi connectivity index (χ2v) is 13.4. The fraction of sp³-hybridized carbons (Fsp3) is 0.156. The van der Waals surface area contributed by atoms with E-state index >= 15 is 0 Å². The molecule has 13 nitrogen and oxygen atoms in total. The van der Waals surface area contributed by atoms with Gasteiger partial charge >= 0.3 is 59.1 Å². The zero-order valence-corrected chi connectivity index (χ0v) is 33.1. The normalized spacial score (nSPS) is 13.2. The van der Waals surface area contributed by atoms with Gasteiger partial charge in [-0.25, -0.2) is 16.8 Å². The van der Waals surface area contributed by atoms with Crippen molar-refractivity contribution < 1.29 is 94.6 Å². The van der Waals surface area contributed by atoms with Crippen LogP contribution in [0.15, 0.2) is 109 Å². The van der Waals surface area contributed by atoms with Gasteiger partial charge < -0.3 is 19.2 Å². The topological polar surface area (TPSA) is 202 Å². The molecule has 0 heterocycles. The number of rotatable bonds is 9. The number of allylic oxidation sites excluding steroid dienone is 2. The van der Waals surface area contributed by atoms with Gasteiger partial charge in [0, 0.05) is 29.4 Å². The summed E-state index contributed by atoms with van der Waals surface area (Å²) in [5.74, 6) is -0.688. The van der Waals surface area contributed by atoms with Gasteiger partial charge in [0.05, 0.1) is 22.6 Å². The molecule has 0 atom stereocenters. The van der Waals surface area contributed by atoms with E-state index in [0.717, 1.165) is 5.69 Å². The van der Waals surface area contributed by atoms with Crippen molar-refractivity contribution in [3.63, 3.8) is 0 Å². The van der Waals surface area contributed by atoms with Crippen molar-refractivity contribution >= 4 is 54.5 Å². The van der Waals surface area contributed by atoms with Gasteiger partial charge in [0.25, 0.3) is 0 Å². The monoisotopic (exact) mass is 719 g/mol. The number of Topliss-reactive ketones (excluding diaryl/α,β-unsaturated/α-hetero) is 1. The minimum absolute atomic E-state index is 0. The standard InChI is InChI=1S/C32H29N5O8S2.2Na/c1-18-12-20(3)30(28(13-18)46(39,40)41)36-34-25-17-27(45-4)26(14-19(25)2)35-37-31-29(47(42,43)44)16-21-15-23(10-11-24(21)32(31)38)33-22-8-6-5-7-9-22;;/h5-15,17,33H,16H2,1-4H3,(H,39,40,41)(H,42,43,44);;/q;2*+1/p-2. The van der Waals surface area contributed by atoms with Crippen LogP contribution in [0.5, 0.6) is 5.75 Å². The maximum absolute atomic E-state index is 13.4. The van der Waals surface area contributed by atoms with Crippen LogP contribution in [0.4, 0.5) is 28.4 Å². The van der Waals surface area contributed by atoms with E-state index in [4.69, 9.17) is 4.74 Å². The predicted octanol–water partition coefficient (Wildman–Crippen LogP) is 0.971. The Kier molecular flexibility index (Phi) is 13.4. The smallest absolute Gasteiger partial charge is 0.744 e. The molecular formula is C32H27N5Na2O8S2. The molecular weight excluding hydrogens is 692 g/mol. The second kappa shape index (κ2) is 16.3. The minimum atomic E-state index is -5.10. The van der Waals surface area contributed by atoms with Gasteiger partial charge in [0.2, 0.25) is 5.78 Å². The van der Waals surface area contributed by atoms with Gasteiger partial charge in [-0.1, -0.05) is 24.3 Å². The summed E-state index contributed by atoms with van der Waals surface area (Å²) in [6.07, 6.45) is -0.361. The van der Waals surface area contributed by atoms with Crippen LogP contribution in [0.25, 0.3) is 0 Å².